The van der Waals surface area contributed by atoms with Crippen LogP contribution in [0.1, 0.15) is 10.4 Å². The molecule has 3 rings (SSSR count). The molecule has 0 atom stereocenters. The predicted octanol–water partition coefficient (Wildman–Crippen LogP) is 4.49. The first kappa shape index (κ1) is 12.8. The summed E-state index contributed by atoms with van der Waals surface area (Å²) in [5.41, 5.74) is 1.82. The molecular formula is C16H11FO2S. The van der Waals surface area contributed by atoms with Gasteiger partial charge in [-0.3, -0.25) is 0 Å². The molecule has 0 amide bonds. The fourth-order valence-electron chi connectivity index (χ4n) is 2.20. The number of hydrogen-bond acceptors (Lipinski definition) is 3. The molecule has 0 spiro atoms. The van der Waals surface area contributed by atoms with E-state index in [9.17, 15) is 9.18 Å². The van der Waals surface area contributed by atoms with E-state index in [-0.39, 0.29) is 5.56 Å². The van der Waals surface area contributed by atoms with Gasteiger partial charge < -0.3 is 4.74 Å². The van der Waals surface area contributed by atoms with E-state index in [0.717, 1.165) is 15.6 Å². The van der Waals surface area contributed by atoms with Crippen molar-refractivity contribution in [1.29, 1.82) is 0 Å². The van der Waals surface area contributed by atoms with Crippen molar-refractivity contribution in [2.75, 3.05) is 7.11 Å². The summed E-state index contributed by atoms with van der Waals surface area (Å²) in [4.78, 5) is 11.6. The number of esters is 1. The summed E-state index contributed by atoms with van der Waals surface area (Å²) < 4.78 is 19.5. The molecule has 1 aromatic heterocycles. The fraction of sp³-hybridized carbons (Fsp3) is 0.0625. The van der Waals surface area contributed by atoms with Crippen LogP contribution in [0, 0.1) is 5.82 Å². The third-order valence-electron chi connectivity index (χ3n) is 3.11. The summed E-state index contributed by atoms with van der Waals surface area (Å²) in [5.74, 6) is -0.986. The second-order valence-electron chi connectivity index (χ2n) is 4.36. The number of fused-ring (bicyclic) bond motifs is 1. The molecule has 0 saturated heterocycles. The van der Waals surface area contributed by atoms with Gasteiger partial charge in [0.05, 0.1) is 12.7 Å². The Bertz CT molecular complexity index is 792. The van der Waals surface area contributed by atoms with Crippen LogP contribution in [0.25, 0.3) is 21.2 Å². The van der Waals surface area contributed by atoms with E-state index in [1.165, 1.54) is 19.2 Å². The van der Waals surface area contributed by atoms with Crippen LogP contribution in [0.4, 0.5) is 4.39 Å². The van der Waals surface area contributed by atoms with Crippen molar-refractivity contribution in [3.8, 4) is 11.1 Å². The normalized spacial score (nSPS) is 10.7. The number of rotatable bonds is 2. The SMILES string of the molecule is COC(=O)c1cc(F)cc(-c2cccc3ccsc23)c1. The van der Waals surface area contributed by atoms with Gasteiger partial charge in [0, 0.05) is 4.70 Å². The first-order valence-electron chi connectivity index (χ1n) is 6.04. The van der Waals surface area contributed by atoms with Crippen LogP contribution in [-0.4, -0.2) is 13.1 Å². The lowest BCUT2D eigenvalue weighted by molar-refractivity contribution is 0.0600. The standard InChI is InChI=1S/C16H11FO2S/c1-19-16(18)12-7-11(8-13(17)9-12)14-4-2-3-10-5-6-20-15(10)14/h2-9H,1H3. The molecule has 0 bridgehead atoms. The van der Waals surface area contributed by atoms with E-state index in [4.69, 9.17) is 0 Å². The Kier molecular flexibility index (Phi) is 3.24. The number of carbonyl (C=O) groups excluding carboxylic acids is 1. The fourth-order valence-corrected chi connectivity index (χ4v) is 3.14. The first-order valence-corrected chi connectivity index (χ1v) is 6.92. The largest absolute Gasteiger partial charge is 0.465 e. The number of halogens is 1. The second-order valence-corrected chi connectivity index (χ2v) is 5.28. The van der Waals surface area contributed by atoms with Gasteiger partial charge in [-0.1, -0.05) is 18.2 Å². The topological polar surface area (TPSA) is 26.3 Å². The molecule has 0 N–H and O–H groups in total. The van der Waals surface area contributed by atoms with Gasteiger partial charge in [-0.25, -0.2) is 9.18 Å². The quantitative estimate of drug-likeness (QED) is 0.649. The van der Waals surface area contributed by atoms with Crippen molar-refractivity contribution in [1.82, 2.24) is 0 Å². The van der Waals surface area contributed by atoms with Crippen molar-refractivity contribution < 1.29 is 13.9 Å². The number of hydrogen-bond donors (Lipinski definition) is 0. The number of carbonyl (C=O) groups is 1. The number of ether oxygens (including phenoxy) is 1. The van der Waals surface area contributed by atoms with Gasteiger partial charge in [0.1, 0.15) is 5.82 Å². The lowest BCUT2D eigenvalue weighted by Gasteiger charge is -2.06. The Morgan fingerprint density at radius 1 is 1.20 bits per heavy atom. The van der Waals surface area contributed by atoms with E-state index >= 15 is 0 Å². The van der Waals surface area contributed by atoms with Gasteiger partial charge in [-0.05, 0) is 46.2 Å². The second kappa shape index (κ2) is 5.06. The number of benzene rings is 2. The maximum Gasteiger partial charge on any atom is 0.337 e. The molecular weight excluding hydrogens is 275 g/mol. The molecule has 2 aromatic carbocycles. The summed E-state index contributed by atoms with van der Waals surface area (Å²) in [6, 6.07) is 12.1. The first-order chi connectivity index (χ1) is 9.69. The molecule has 100 valence electrons. The van der Waals surface area contributed by atoms with Crippen molar-refractivity contribution in [3.63, 3.8) is 0 Å². The molecule has 3 aromatic rings. The van der Waals surface area contributed by atoms with E-state index in [1.807, 2.05) is 29.6 Å². The van der Waals surface area contributed by atoms with Crippen molar-refractivity contribution in [2.45, 2.75) is 0 Å². The summed E-state index contributed by atoms with van der Waals surface area (Å²) in [7, 11) is 1.28. The van der Waals surface area contributed by atoms with Crippen molar-refractivity contribution in [2.24, 2.45) is 0 Å². The van der Waals surface area contributed by atoms with Crippen molar-refractivity contribution >= 4 is 27.4 Å². The van der Waals surface area contributed by atoms with E-state index in [0.29, 0.717) is 5.56 Å². The molecule has 1 heterocycles. The van der Waals surface area contributed by atoms with Crippen molar-refractivity contribution in [3.05, 3.63) is 59.2 Å². The highest BCUT2D eigenvalue weighted by Crippen LogP contribution is 2.33. The molecule has 2 nitrogen and oxygen atoms in total. The highest BCUT2D eigenvalue weighted by Gasteiger charge is 2.12. The summed E-state index contributed by atoms with van der Waals surface area (Å²) >= 11 is 1.60. The summed E-state index contributed by atoms with van der Waals surface area (Å²) in [6.07, 6.45) is 0. The molecule has 0 aliphatic carbocycles. The zero-order valence-electron chi connectivity index (χ0n) is 10.7. The van der Waals surface area contributed by atoms with Gasteiger partial charge in [0.2, 0.25) is 0 Å². The molecule has 0 saturated carbocycles. The van der Waals surface area contributed by atoms with Gasteiger partial charge in [0.25, 0.3) is 0 Å². The average Bonchev–Trinajstić information content (AvgIpc) is 2.94. The van der Waals surface area contributed by atoms with Gasteiger partial charge in [-0.15, -0.1) is 11.3 Å². The third-order valence-corrected chi connectivity index (χ3v) is 4.07. The maximum absolute atomic E-state index is 13.7. The van der Waals surface area contributed by atoms with Crippen LogP contribution in [0.15, 0.2) is 47.8 Å². The lowest BCUT2D eigenvalue weighted by Crippen LogP contribution is -2.02. The Hall–Kier alpha value is -2.20. The molecule has 0 radical (unpaired) electrons. The number of thiophene rings is 1. The van der Waals surface area contributed by atoms with Gasteiger partial charge >= 0.3 is 5.97 Å². The highest BCUT2D eigenvalue weighted by molar-refractivity contribution is 7.17. The minimum absolute atomic E-state index is 0.219. The lowest BCUT2D eigenvalue weighted by atomic mass is 10.0. The summed E-state index contributed by atoms with van der Waals surface area (Å²) in [5, 5.41) is 3.10. The van der Waals surface area contributed by atoms with Crippen LogP contribution < -0.4 is 0 Å². The summed E-state index contributed by atoms with van der Waals surface area (Å²) in [6.45, 7) is 0. The van der Waals surface area contributed by atoms with Gasteiger partial charge in [-0.2, -0.15) is 0 Å². The van der Waals surface area contributed by atoms with Gasteiger partial charge in [0.15, 0.2) is 0 Å². The minimum Gasteiger partial charge on any atom is -0.465 e. The van der Waals surface area contributed by atoms with Crippen LogP contribution in [0.5, 0.6) is 0 Å². The average molecular weight is 286 g/mol. The molecule has 0 aliphatic rings. The Balaban J connectivity index is 2.21. The highest BCUT2D eigenvalue weighted by atomic mass is 32.1. The van der Waals surface area contributed by atoms with E-state index in [2.05, 4.69) is 4.74 Å². The molecule has 0 unspecified atom stereocenters. The molecule has 20 heavy (non-hydrogen) atoms. The number of methoxy groups -OCH3 is 1. The van der Waals surface area contributed by atoms with Crippen LogP contribution >= 0.6 is 11.3 Å². The van der Waals surface area contributed by atoms with Crippen LogP contribution in [0.2, 0.25) is 0 Å². The predicted molar refractivity (Wildman–Crippen MR) is 78.6 cm³/mol. The third kappa shape index (κ3) is 2.18. The van der Waals surface area contributed by atoms with Crippen LogP contribution in [-0.2, 0) is 4.74 Å². The molecule has 0 fully saturated rings. The van der Waals surface area contributed by atoms with E-state index in [1.54, 1.807) is 17.4 Å². The van der Waals surface area contributed by atoms with E-state index < -0.39 is 11.8 Å². The Labute approximate surface area is 119 Å². The van der Waals surface area contributed by atoms with Crippen LogP contribution in [0.3, 0.4) is 0 Å². The Morgan fingerprint density at radius 3 is 2.85 bits per heavy atom. The maximum atomic E-state index is 13.7. The zero-order valence-corrected chi connectivity index (χ0v) is 11.5. The smallest absolute Gasteiger partial charge is 0.337 e. The monoisotopic (exact) mass is 286 g/mol. The molecule has 0 aliphatic heterocycles. The zero-order chi connectivity index (χ0) is 14.1. The minimum atomic E-state index is -0.538. The molecule has 4 heteroatoms. The Morgan fingerprint density at radius 2 is 2.05 bits per heavy atom.